The van der Waals surface area contributed by atoms with Gasteiger partial charge in [-0.3, -0.25) is 28.8 Å². The molecular weight excluding hydrogens is 315 g/mol. The zero-order valence-electron chi connectivity index (χ0n) is 10.1. The van der Waals surface area contributed by atoms with Gasteiger partial charge in [0.1, 0.15) is 0 Å². The van der Waals surface area contributed by atoms with Crippen molar-refractivity contribution >= 4 is 40.7 Å². The van der Waals surface area contributed by atoms with Crippen LogP contribution in [0.25, 0.3) is 0 Å². The number of terminal acetylenes is 1. The molecule has 0 heterocycles. The molecule has 0 saturated heterocycles. The summed E-state index contributed by atoms with van der Waals surface area (Å²) in [7, 11) is 0. The maximum atomic E-state index is 8.22. The molecule has 0 spiro atoms. The molecule has 7 nitrogen and oxygen atoms in total. The molecule has 109 valence electrons. The standard InChI is InChI=1S/C6H10O.6CO.Co/c1-2-3-4-5-6-7;6*1-2;/h1,7H,3-6H2;;;;;;;. The SMILES string of the molecule is C#CCCCCO.[C]=O.[C]=O.[C]=O.[C]=O.[C]=O.[C]=O.[Co]. The fourth-order valence-corrected chi connectivity index (χ4v) is 0.339. The summed E-state index contributed by atoms with van der Waals surface area (Å²) in [5, 5.41) is 8.22. The van der Waals surface area contributed by atoms with Gasteiger partial charge in [0, 0.05) is 29.8 Å². The number of aliphatic hydroxyl groups excluding tert-OH is 1. The number of hydrogen-bond acceptors (Lipinski definition) is 7. The summed E-state index contributed by atoms with van der Waals surface area (Å²) >= 11 is 0. The maximum absolute atomic E-state index is 8.22. The quantitative estimate of drug-likeness (QED) is 0.489. The molecule has 0 fully saturated rings. The minimum atomic E-state index is 0. The first kappa shape index (κ1) is 52.0. The van der Waals surface area contributed by atoms with Crippen LogP contribution in [-0.2, 0) is 45.5 Å². The molecule has 20 heavy (non-hydrogen) atoms. The van der Waals surface area contributed by atoms with Crippen molar-refractivity contribution in [2.75, 3.05) is 6.61 Å². The maximum Gasteiger partial charge on any atom is 0.281 e. The summed E-state index contributed by atoms with van der Waals surface area (Å²) in [4.78, 5) is 45.0. The minimum Gasteiger partial charge on any atom is -0.396 e. The zero-order chi connectivity index (χ0) is 17.5. The van der Waals surface area contributed by atoms with E-state index in [0.717, 1.165) is 19.3 Å². The first-order valence-electron chi connectivity index (χ1n) is 3.68. The van der Waals surface area contributed by atoms with E-state index in [0.29, 0.717) is 0 Å². The average molecular weight is 325 g/mol. The molecule has 0 atom stereocenters. The number of hydrogen-bond donors (Lipinski definition) is 1. The fourth-order valence-electron chi connectivity index (χ4n) is 0.339. The Balaban J connectivity index is -0.0000000159. The van der Waals surface area contributed by atoms with Gasteiger partial charge in [0.25, 0.3) is 40.7 Å². The molecule has 13 radical (unpaired) electrons. The van der Waals surface area contributed by atoms with Crippen LogP contribution in [0.15, 0.2) is 0 Å². The molecular formula is C12H10CoO7. The van der Waals surface area contributed by atoms with Crippen molar-refractivity contribution in [1.82, 2.24) is 0 Å². The van der Waals surface area contributed by atoms with Crippen molar-refractivity contribution in [1.29, 1.82) is 0 Å². The summed E-state index contributed by atoms with van der Waals surface area (Å²) in [5.41, 5.74) is 0. The first-order valence-corrected chi connectivity index (χ1v) is 3.68. The van der Waals surface area contributed by atoms with Gasteiger partial charge in [-0.05, 0) is 12.8 Å². The molecule has 0 rings (SSSR count). The summed E-state index contributed by atoms with van der Waals surface area (Å²) < 4.78 is 0. The van der Waals surface area contributed by atoms with Crippen molar-refractivity contribution in [2.24, 2.45) is 0 Å². The third-order valence-electron chi connectivity index (χ3n) is 0.729. The largest absolute Gasteiger partial charge is 0.396 e. The molecule has 1 N–H and O–H groups in total. The van der Waals surface area contributed by atoms with Gasteiger partial charge in [0.15, 0.2) is 0 Å². The molecule has 0 aromatic rings. The third-order valence-corrected chi connectivity index (χ3v) is 0.729. The molecule has 0 aromatic carbocycles. The van der Waals surface area contributed by atoms with Crippen molar-refractivity contribution in [3.8, 4) is 12.3 Å². The molecule has 0 unspecified atom stereocenters. The predicted octanol–water partition coefficient (Wildman–Crippen LogP) is -1.60. The van der Waals surface area contributed by atoms with Crippen LogP contribution in [0.4, 0.5) is 0 Å². The summed E-state index contributed by atoms with van der Waals surface area (Å²) in [5.74, 6) is 2.49. The van der Waals surface area contributed by atoms with E-state index in [4.69, 9.17) is 40.3 Å². The average Bonchev–Trinajstić information content (AvgIpc) is 2.59. The Morgan fingerprint density at radius 1 is 0.700 bits per heavy atom. The van der Waals surface area contributed by atoms with E-state index in [9.17, 15) is 0 Å². The van der Waals surface area contributed by atoms with Gasteiger partial charge in [-0.15, -0.1) is 12.3 Å². The Labute approximate surface area is 130 Å². The first-order chi connectivity index (χ1) is 9.41. The molecule has 0 aliphatic rings. The van der Waals surface area contributed by atoms with Crippen LogP contribution in [0.5, 0.6) is 0 Å². The normalized spacial score (nSPS) is 4.00. The molecule has 0 amide bonds. The van der Waals surface area contributed by atoms with Gasteiger partial charge in [0.05, 0.1) is 0 Å². The van der Waals surface area contributed by atoms with Crippen molar-refractivity contribution in [3.05, 3.63) is 0 Å². The minimum absolute atomic E-state index is 0. The number of unbranched alkanes of at least 4 members (excludes halogenated alkanes) is 2. The topological polar surface area (TPSA) is 123 Å². The fraction of sp³-hybridized carbons (Fsp3) is 0.333. The molecule has 0 saturated carbocycles. The van der Waals surface area contributed by atoms with Gasteiger partial charge in [-0.25, -0.2) is 0 Å². The second-order valence-corrected chi connectivity index (χ2v) is 1.38. The molecule has 0 aliphatic carbocycles. The summed E-state index contributed by atoms with van der Waals surface area (Å²) in [6.07, 6.45) is 7.52. The smallest absolute Gasteiger partial charge is 0.281 e. The van der Waals surface area contributed by atoms with E-state index in [-0.39, 0.29) is 23.4 Å². The Kier molecular flexibility index (Phi) is 1230. The molecule has 8 heteroatoms. The van der Waals surface area contributed by atoms with Crippen LogP contribution in [0.1, 0.15) is 19.3 Å². The van der Waals surface area contributed by atoms with E-state index >= 15 is 0 Å². The number of aliphatic hydroxyl groups is 1. The molecule has 0 aromatic heterocycles. The summed E-state index contributed by atoms with van der Waals surface area (Å²) in [6.45, 7) is 27.3. The van der Waals surface area contributed by atoms with Gasteiger partial charge < -0.3 is 5.11 Å². The van der Waals surface area contributed by atoms with Crippen LogP contribution in [-0.4, -0.2) is 52.4 Å². The van der Waals surface area contributed by atoms with Crippen molar-refractivity contribution < 1.29 is 50.7 Å². The molecule has 0 bridgehead atoms. The zero-order valence-corrected chi connectivity index (χ0v) is 11.2. The van der Waals surface area contributed by atoms with E-state index in [1.807, 2.05) is 0 Å². The Morgan fingerprint density at radius 2 is 0.950 bits per heavy atom. The second-order valence-electron chi connectivity index (χ2n) is 1.38. The van der Waals surface area contributed by atoms with Crippen molar-refractivity contribution in [2.45, 2.75) is 19.3 Å². The van der Waals surface area contributed by atoms with Gasteiger partial charge in [0.2, 0.25) is 0 Å². The van der Waals surface area contributed by atoms with E-state index in [2.05, 4.69) is 46.7 Å². The monoisotopic (exact) mass is 325 g/mol. The van der Waals surface area contributed by atoms with Crippen LogP contribution in [0.3, 0.4) is 0 Å². The second kappa shape index (κ2) is 473. The van der Waals surface area contributed by atoms with E-state index in [1.54, 1.807) is 0 Å². The van der Waals surface area contributed by atoms with Crippen molar-refractivity contribution in [3.63, 3.8) is 0 Å². The van der Waals surface area contributed by atoms with Gasteiger partial charge >= 0.3 is 0 Å². The Hall–Kier alpha value is -1.95. The van der Waals surface area contributed by atoms with Gasteiger partial charge in [-0.2, -0.15) is 0 Å². The Morgan fingerprint density at radius 3 is 1.10 bits per heavy atom. The van der Waals surface area contributed by atoms with Crippen LogP contribution < -0.4 is 0 Å². The number of rotatable bonds is 3. The van der Waals surface area contributed by atoms with Gasteiger partial charge in [-0.1, -0.05) is 0 Å². The van der Waals surface area contributed by atoms with E-state index < -0.39 is 0 Å². The van der Waals surface area contributed by atoms with Crippen LogP contribution in [0.2, 0.25) is 0 Å². The third kappa shape index (κ3) is 867. The summed E-state index contributed by atoms with van der Waals surface area (Å²) in [6, 6.07) is 0. The Bertz CT molecular complexity index is 127. The molecule has 0 aliphatic heterocycles. The van der Waals surface area contributed by atoms with Crippen LogP contribution in [0, 0.1) is 12.3 Å². The predicted molar refractivity (Wildman–Crippen MR) is 63.9 cm³/mol. The van der Waals surface area contributed by atoms with Crippen LogP contribution >= 0.6 is 0 Å². The number of carbonyl (C=O) groups excluding carboxylic acids is 6. The van der Waals surface area contributed by atoms with E-state index in [1.165, 1.54) is 0 Å².